The van der Waals surface area contributed by atoms with Crippen molar-refractivity contribution in [3.8, 4) is 0 Å². The van der Waals surface area contributed by atoms with Gasteiger partial charge < -0.3 is 0 Å². The van der Waals surface area contributed by atoms with E-state index in [0.717, 1.165) is 24.8 Å². The second-order valence-electron chi connectivity index (χ2n) is 6.49. The van der Waals surface area contributed by atoms with E-state index in [1.807, 2.05) is 36.4 Å². The Hall–Kier alpha value is -2.93. The van der Waals surface area contributed by atoms with E-state index >= 15 is 0 Å². The van der Waals surface area contributed by atoms with Gasteiger partial charge in [0.25, 0.3) is 0 Å². The average molecular weight is 384 g/mol. The third-order valence-electron chi connectivity index (χ3n) is 4.26. The van der Waals surface area contributed by atoms with E-state index in [4.69, 9.17) is 4.84 Å². The number of carbonyl (C=O) groups excluding carboxylic acids is 2. The molecule has 0 saturated carbocycles. The summed E-state index contributed by atoms with van der Waals surface area (Å²) in [5.74, 6) is -0.0311. The highest BCUT2D eigenvalue weighted by molar-refractivity contribution is 5.80. The summed E-state index contributed by atoms with van der Waals surface area (Å²) in [5.41, 5.74) is 6.44. The van der Waals surface area contributed by atoms with Gasteiger partial charge in [-0.15, -0.1) is 0 Å². The van der Waals surface area contributed by atoms with E-state index in [2.05, 4.69) is 22.8 Å². The van der Waals surface area contributed by atoms with Crippen LogP contribution in [0.4, 0.5) is 5.82 Å². The number of rotatable bonds is 13. The number of unbranched alkanes of at least 4 members (excludes halogenated alkanes) is 2. The van der Waals surface area contributed by atoms with E-state index < -0.39 is 0 Å². The molecule has 0 fully saturated rings. The number of amides is 2. The number of nitrogens with zero attached hydrogens (tertiary/aromatic N) is 2. The third-order valence-corrected chi connectivity index (χ3v) is 4.26. The van der Waals surface area contributed by atoms with Gasteiger partial charge in [0.2, 0.25) is 12.3 Å². The lowest BCUT2D eigenvalue weighted by Gasteiger charge is -2.23. The summed E-state index contributed by atoms with van der Waals surface area (Å²) in [6.45, 7) is 2.57. The monoisotopic (exact) mass is 384 g/mol. The molecule has 0 radical (unpaired) electrons. The molecule has 1 aromatic carbocycles. The predicted octanol–water partition coefficient (Wildman–Crippen LogP) is 3.31. The molecule has 2 aromatic rings. The number of carbonyl (C=O) groups is 2. The highest BCUT2D eigenvalue weighted by Gasteiger charge is 2.22. The molecule has 0 aliphatic rings. The van der Waals surface area contributed by atoms with E-state index in [9.17, 15) is 9.59 Å². The molecule has 7 heteroatoms. The van der Waals surface area contributed by atoms with Gasteiger partial charge in [-0.3, -0.25) is 25.3 Å². The molecule has 0 unspecified atom stereocenters. The average Bonchev–Trinajstić information content (AvgIpc) is 2.75. The number of anilines is 1. The molecule has 0 saturated heterocycles. The molecule has 7 nitrogen and oxygen atoms in total. The van der Waals surface area contributed by atoms with E-state index in [-0.39, 0.29) is 25.0 Å². The maximum absolute atomic E-state index is 12.6. The minimum Gasteiger partial charge on any atom is -0.282 e. The summed E-state index contributed by atoms with van der Waals surface area (Å²) in [6.07, 6.45) is 5.92. The third kappa shape index (κ3) is 7.75. The van der Waals surface area contributed by atoms with Crippen molar-refractivity contribution in [2.24, 2.45) is 5.92 Å². The lowest BCUT2D eigenvalue weighted by atomic mass is 10.0. The van der Waals surface area contributed by atoms with E-state index in [1.54, 1.807) is 18.3 Å². The second kappa shape index (κ2) is 12.5. The van der Waals surface area contributed by atoms with Gasteiger partial charge >= 0.3 is 0 Å². The zero-order chi connectivity index (χ0) is 20.0. The lowest BCUT2D eigenvalue weighted by Crippen LogP contribution is -2.41. The fourth-order valence-corrected chi connectivity index (χ4v) is 2.69. The maximum atomic E-state index is 12.6. The summed E-state index contributed by atoms with van der Waals surface area (Å²) in [6, 6.07) is 15.0. The minimum absolute atomic E-state index is 0.190. The van der Waals surface area contributed by atoms with Crippen LogP contribution in [0, 0.1) is 5.92 Å². The number of hydroxylamine groups is 2. The van der Waals surface area contributed by atoms with Gasteiger partial charge in [-0.2, -0.15) is 0 Å². The van der Waals surface area contributed by atoms with Crippen LogP contribution in [-0.4, -0.2) is 28.9 Å². The fourth-order valence-electron chi connectivity index (χ4n) is 2.69. The topological polar surface area (TPSA) is 83.6 Å². The van der Waals surface area contributed by atoms with Crippen molar-refractivity contribution in [2.75, 3.05) is 12.0 Å². The summed E-state index contributed by atoms with van der Waals surface area (Å²) in [4.78, 5) is 33.8. The van der Waals surface area contributed by atoms with Gasteiger partial charge in [0.15, 0.2) is 0 Å². The van der Waals surface area contributed by atoms with Crippen molar-refractivity contribution in [1.82, 2.24) is 15.5 Å². The Labute approximate surface area is 166 Å². The highest BCUT2D eigenvalue weighted by Crippen LogP contribution is 2.13. The molecule has 0 bridgehead atoms. The number of benzene rings is 1. The van der Waals surface area contributed by atoms with Crippen LogP contribution in [0.5, 0.6) is 0 Å². The maximum Gasteiger partial charge on any atom is 0.243 e. The summed E-state index contributed by atoms with van der Waals surface area (Å²) < 4.78 is 0. The molecule has 0 aliphatic heterocycles. The number of hydrogen-bond acceptors (Lipinski definition) is 5. The Kier molecular flexibility index (Phi) is 9.51. The van der Waals surface area contributed by atoms with Crippen LogP contribution in [-0.2, 0) is 21.0 Å². The molecule has 28 heavy (non-hydrogen) atoms. The van der Waals surface area contributed by atoms with Crippen molar-refractivity contribution in [3.63, 3.8) is 0 Å². The standard InChI is InChI=1S/C21H28N4O3/c1-2-3-5-12-19(21(27)24-23-20-13-8-9-14-22-20)15-25(17-26)28-16-18-10-6-4-7-11-18/h4,6-11,13-14,17,19H,2-3,5,12,15-16H2,1H3,(H,22,23)(H,24,27)/t19-/m1/s1. The largest absolute Gasteiger partial charge is 0.282 e. The predicted molar refractivity (Wildman–Crippen MR) is 108 cm³/mol. The zero-order valence-corrected chi connectivity index (χ0v) is 16.2. The molecule has 2 amide bonds. The van der Waals surface area contributed by atoms with Crippen LogP contribution < -0.4 is 10.9 Å². The summed E-state index contributed by atoms with van der Waals surface area (Å²) in [5, 5.41) is 1.20. The Bertz CT molecular complexity index is 697. The molecule has 0 spiro atoms. The van der Waals surface area contributed by atoms with Crippen molar-refractivity contribution >= 4 is 18.1 Å². The smallest absolute Gasteiger partial charge is 0.243 e. The Balaban J connectivity index is 1.91. The molecular formula is C21H28N4O3. The van der Waals surface area contributed by atoms with E-state index in [0.29, 0.717) is 18.6 Å². The Morgan fingerprint density at radius 2 is 1.96 bits per heavy atom. The number of pyridine rings is 1. The Morgan fingerprint density at radius 3 is 2.64 bits per heavy atom. The van der Waals surface area contributed by atoms with Crippen molar-refractivity contribution in [1.29, 1.82) is 0 Å². The normalized spacial score (nSPS) is 11.5. The van der Waals surface area contributed by atoms with Crippen molar-refractivity contribution in [2.45, 2.75) is 39.2 Å². The molecule has 2 N–H and O–H groups in total. The van der Waals surface area contributed by atoms with Crippen LogP contribution in [0.3, 0.4) is 0 Å². The van der Waals surface area contributed by atoms with Crippen LogP contribution in [0.15, 0.2) is 54.7 Å². The second-order valence-corrected chi connectivity index (χ2v) is 6.49. The summed E-state index contributed by atoms with van der Waals surface area (Å²) in [7, 11) is 0. The van der Waals surface area contributed by atoms with Crippen molar-refractivity contribution < 1.29 is 14.4 Å². The Morgan fingerprint density at radius 1 is 1.18 bits per heavy atom. The number of hydrazine groups is 1. The molecule has 1 aromatic heterocycles. The minimum atomic E-state index is -0.385. The van der Waals surface area contributed by atoms with Gasteiger partial charge in [-0.1, -0.05) is 62.6 Å². The zero-order valence-electron chi connectivity index (χ0n) is 16.2. The number of aromatic nitrogens is 1. The first kappa shape index (κ1) is 21.4. The SMILES string of the molecule is CCCCC[C@H](CN(C=O)OCc1ccccc1)C(=O)NNc1ccccn1. The van der Waals surface area contributed by atoms with Gasteiger partial charge in [-0.05, 0) is 24.1 Å². The first-order valence-corrected chi connectivity index (χ1v) is 9.58. The molecule has 1 atom stereocenters. The van der Waals surface area contributed by atoms with Crippen LogP contribution in [0.1, 0.15) is 38.2 Å². The molecule has 0 aliphatic carbocycles. The number of hydrogen-bond donors (Lipinski definition) is 2. The molecular weight excluding hydrogens is 356 g/mol. The fraction of sp³-hybridized carbons (Fsp3) is 0.381. The lowest BCUT2D eigenvalue weighted by molar-refractivity contribution is -0.182. The molecule has 1 heterocycles. The van der Waals surface area contributed by atoms with Gasteiger partial charge in [-0.25, -0.2) is 10.0 Å². The molecule has 2 rings (SSSR count). The highest BCUT2D eigenvalue weighted by atomic mass is 16.7. The van der Waals surface area contributed by atoms with Crippen LogP contribution >= 0.6 is 0 Å². The quantitative estimate of drug-likeness (QED) is 0.314. The number of nitrogens with one attached hydrogen (secondary N) is 2. The van der Waals surface area contributed by atoms with Crippen molar-refractivity contribution in [3.05, 3.63) is 60.3 Å². The molecule has 150 valence electrons. The summed E-state index contributed by atoms with van der Waals surface area (Å²) >= 11 is 0. The first-order valence-electron chi connectivity index (χ1n) is 9.58. The van der Waals surface area contributed by atoms with Gasteiger partial charge in [0.1, 0.15) is 12.4 Å². The first-order chi connectivity index (χ1) is 13.7. The van der Waals surface area contributed by atoms with E-state index in [1.165, 1.54) is 5.06 Å². The van der Waals surface area contributed by atoms with Crippen LogP contribution in [0.2, 0.25) is 0 Å². The van der Waals surface area contributed by atoms with Crippen LogP contribution in [0.25, 0.3) is 0 Å². The van der Waals surface area contributed by atoms with Gasteiger partial charge in [0.05, 0.1) is 12.5 Å². The van der Waals surface area contributed by atoms with Gasteiger partial charge in [0, 0.05) is 6.20 Å².